The van der Waals surface area contributed by atoms with E-state index >= 15 is 0 Å². The van der Waals surface area contributed by atoms with Gasteiger partial charge in [0.1, 0.15) is 0 Å². The van der Waals surface area contributed by atoms with E-state index in [1.165, 1.54) is 24.4 Å². The third-order valence-electron chi connectivity index (χ3n) is 6.06. The van der Waals surface area contributed by atoms with Crippen molar-refractivity contribution >= 4 is 11.8 Å². The number of piperazine rings is 1. The molecular formula is C19H30N4OS. The average Bonchev–Trinajstić information content (AvgIpc) is 2.64. The maximum Gasteiger partial charge on any atom is 0.255 e. The fourth-order valence-corrected chi connectivity index (χ4v) is 5.03. The van der Waals surface area contributed by atoms with Crippen LogP contribution in [-0.2, 0) is 13.1 Å². The summed E-state index contributed by atoms with van der Waals surface area (Å²) in [6.45, 7) is 9.38. The molecular weight excluding hydrogens is 332 g/mol. The highest BCUT2D eigenvalue weighted by atomic mass is 32.2. The summed E-state index contributed by atoms with van der Waals surface area (Å²) in [5, 5.41) is 3.52. The smallest absolute Gasteiger partial charge is 0.255 e. The molecule has 4 heterocycles. The Morgan fingerprint density at radius 1 is 1.16 bits per heavy atom. The molecule has 0 radical (unpaired) electrons. The molecule has 1 aromatic rings. The Balaban J connectivity index is 1.42. The number of rotatable bonds is 5. The van der Waals surface area contributed by atoms with Gasteiger partial charge in [-0.05, 0) is 31.2 Å². The normalized spacial score (nSPS) is 27.2. The van der Waals surface area contributed by atoms with Crippen LogP contribution >= 0.6 is 11.8 Å². The Labute approximate surface area is 154 Å². The average molecular weight is 363 g/mol. The van der Waals surface area contributed by atoms with E-state index in [9.17, 15) is 4.79 Å². The van der Waals surface area contributed by atoms with E-state index in [0.717, 1.165) is 57.9 Å². The van der Waals surface area contributed by atoms with Crippen molar-refractivity contribution in [3.05, 3.63) is 33.7 Å². The summed E-state index contributed by atoms with van der Waals surface area (Å²) in [6.07, 6.45) is 3.41. The molecule has 2 atom stereocenters. The Kier molecular flexibility index (Phi) is 5.50. The number of thioether (sulfide) groups is 1. The number of aromatic nitrogens is 1. The van der Waals surface area contributed by atoms with Crippen molar-refractivity contribution in [2.75, 3.05) is 57.8 Å². The predicted molar refractivity (Wildman–Crippen MR) is 105 cm³/mol. The Hall–Kier alpha value is -0.820. The number of pyridine rings is 1. The second-order valence-corrected chi connectivity index (χ2v) is 8.75. The van der Waals surface area contributed by atoms with Crippen LogP contribution in [0.5, 0.6) is 0 Å². The van der Waals surface area contributed by atoms with Crippen molar-refractivity contribution in [3.63, 3.8) is 0 Å². The van der Waals surface area contributed by atoms with E-state index in [0.29, 0.717) is 11.8 Å². The molecule has 6 heteroatoms. The number of nitrogens with one attached hydrogen (secondary N) is 1. The molecule has 5 nitrogen and oxygen atoms in total. The van der Waals surface area contributed by atoms with Gasteiger partial charge in [-0.15, -0.1) is 0 Å². The lowest BCUT2D eigenvalue weighted by Crippen LogP contribution is -2.48. The molecule has 1 aromatic heterocycles. The van der Waals surface area contributed by atoms with E-state index in [-0.39, 0.29) is 5.56 Å². The molecule has 0 amide bonds. The van der Waals surface area contributed by atoms with E-state index < -0.39 is 0 Å². The van der Waals surface area contributed by atoms with Gasteiger partial charge in [-0.1, -0.05) is 6.07 Å². The largest absolute Gasteiger partial charge is 0.316 e. The van der Waals surface area contributed by atoms with Crippen molar-refractivity contribution in [2.24, 2.45) is 5.92 Å². The summed E-state index contributed by atoms with van der Waals surface area (Å²) >= 11 is 1.92. The topological polar surface area (TPSA) is 40.5 Å². The first-order valence-electron chi connectivity index (χ1n) is 9.61. The zero-order chi connectivity index (χ0) is 17.2. The molecule has 2 saturated heterocycles. The second kappa shape index (κ2) is 7.82. The lowest BCUT2D eigenvalue weighted by atomic mass is 9.84. The number of hydrogen-bond acceptors (Lipinski definition) is 5. The molecule has 0 saturated carbocycles. The first-order chi connectivity index (χ1) is 12.2. The summed E-state index contributed by atoms with van der Waals surface area (Å²) in [7, 11) is 0. The van der Waals surface area contributed by atoms with E-state index in [1.54, 1.807) is 0 Å². The van der Waals surface area contributed by atoms with Crippen molar-refractivity contribution in [1.82, 2.24) is 19.7 Å². The summed E-state index contributed by atoms with van der Waals surface area (Å²) in [4.78, 5) is 18.0. The van der Waals surface area contributed by atoms with Crippen molar-refractivity contribution in [3.8, 4) is 0 Å². The van der Waals surface area contributed by atoms with Crippen LogP contribution in [0.2, 0.25) is 0 Å². The van der Waals surface area contributed by atoms with E-state index in [4.69, 9.17) is 0 Å². The van der Waals surface area contributed by atoms with Crippen LogP contribution in [0.3, 0.4) is 0 Å². The first-order valence-corrected chi connectivity index (χ1v) is 11.0. The first kappa shape index (κ1) is 17.6. The molecule has 0 aliphatic carbocycles. The lowest BCUT2D eigenvalue weighted by Gasteiger charge is -2.38. The summed E-state index contributed by atoms with van der Waals surface area (Å²) in [5.74, 6) is 2.36. The van der Waals surface area contributed by atoms with Crippen LogP contribution in [-0.4, -0.2) is 72.2 Å². The van der Waals surface area contributed by atoms with Crippen molar-refractivity contribution in [1.29, 1.82) is 0 Å². The predicted octanol–water partition coefficient (Wildman–Crippen LogP) is 1.04. The SMILES string of the molecule is CSCCN1CCN(Cc2ccc3n(c2=O)C[C@@H]2CNC[C@H]3C2)CC1. The molecule has 2 fully saturated rings. The molecule has 0 aromatic carbocycles. The van der Waals surface area contributed by atoms with Crippen LogP contribution in [0.25, 0.3) is 0 Å². The monoisotopic (exact) mass is 362 g/mol. The van der Waals surface area contributed by atoms with E-state index in [1.807, 2.05) is 11.8 Å². The van der Waals surface area contributed by atoms with Gasteiger partial charge >= 0.3 is 0 Å². The minimum Gasteiger partial charge on any atom is -0.316 e. The van der Waals surface area contributed by atoms with Crippen LogP contribution in [0, 0.1) is 5.92 Å². The van der Waals surface area contributed by atoms with Gasteiger partial charge in [0.15, 0.2) is 0 Å². The number of hydrogen-bond donors (Lipinski definition) is 1. The molecule has 138 valence electrons. The van der Waals surface area contributed by atoms with Gasteiger partial charge in [-0.25, -0.2) is 0 Å². The Morgan fingerprint density at radius 3 is 2.76 bits per heavy atom. The third-order valence-corrected chi connectivity index (χ3v) is 6.65. The highest BCUT2D eigenvalue weighted by molar-refractivity contribution is 7.98. The van der Waals surface area contributed by atoms with Crippen LogP contribution in [0.4, 0.5) is 0 Å². The zero-order valence-electron chi connectivity index (χ0n) is 15.2. The van der Waals surface area contributed by atoms with Gasteiger partial charge in [-0.3, -0.25) is 14.6 Å². The number of nitrogens with zero attached hydrogens (tertiary/aromatic N) is 3. The van der Waals surface area contributed by atoms with Crippen LogP contribution in [0.15, 0.2) is 16.9 Å². The highest BCUT2D eigenvalue weighted by Gasteiger charge is 2.31. The van der Waals surface area contributed by atoms with Gasteiger partial charge in [-0.2, -0.15) is 11.8 Å². The van der Waals surface area contributed by atoms with Crippen molar-refractivity contribution < 1.29 is 0 Å². The summed E-state index contributed by atoms with van der Waals surface area (Å²) in [5.41, 5.74) is 2.49. The zero-order valence-corrected chi connectivity index (χ0v) is 16.1. The lowest BCUT2D eigenvalue weighted by molar-refractivity contribution is 0.132. The molecule has 3 aliphatic heterocycles. The molecule has 3 aliphatic rings. The van der Waals surface area contributed by atoms with Crippen LogP contribution < -0.4 is 10.9 Å². The molecule has 0 unspecified atom stereocenters. The fourth-order valence-electron chi connectivity index (χ4n) is 4.59. The highest BCUT2D eigenvalue weighted by Crippen LogP contribution is 2.31. The second-order valence-electron chi connectivity index (χ2n) is 7.77. The molecule has 0 spiro atoms. The maximum absolute atomic E-state index is 13.0. The van der Waals surface area contributed by atoms with Gasteiger partial charge in [0, 0.05) is 75.3 Å². The fraction of sp³-hybridized carbons (Fsp3) is 0.737. The van der Waals surface area contributed by atoms with E-state index in [2.05, 4.69) is 38.1 Å². The summed E-state index contributed by atoms with van der Waals surface area (Å²) < 4.78 is 2.09. The standard InChI is InChI=1S/C19H30N4OS/c1-25-9-8-21-4-6-22(7-5-21)14-16-2-3-18-17-10-15(11-20-12-17)13-23(18)19(16)24/h2-3,15,17,20H,4-14H2,1H3/t15-,17+/m0/s1. The maximum atomic E-state index is 13.0. The Morgan fingerprint density at radius 2 is 1.96 bits per heavy atom. The molecule has 4 rings (SSSR count). The van der Waals surface area contributed by atoms with Gasteiger partial charge < -0.3 is 9.88 Å². The third kappa shape index (κ3) is 3.82. The van der Waals surface area contributed by atoms with Crippen LogP contribution in [0.1, 0.15) is 23.6 Å². The van der Waals surface area contributed by atoms with Crippen molar-refractivity contribution in [2.45, 2.75) is 25.4 Å². The summed E-state index contributed by atoms with van der Waals surface area (Å²) in [6, 6.07) is 4.32. The minimum atomic E-state index is 0.263. The number of piperidine rings is 1. The van der Waals surface area contributed by atoms with Gasteiger partial charge in [0.2, 0.25) is 0 Å². The molecule has 1 N–H and O–H groups in total. The molecule has 25 heavy (non-hydrogen) atoms. The minimum absolute atomic E-state index is 0.263. The van der Waals surface area contributed by atoms with Gasteiger partial charge in [0.05, 0.1) is 0 Å². The number of fused-ring (bicyclic) bond motifs is 4. The Bertz CT molecular complexity index is 653. The van der Waals surface area contributed by atoms with Gasteiger partial charge in [0.25, 0.3) is 5.56 Å². The molecule has 2 bridgehead atoms. The quantitative estimate of drug-likeness (QED) is 0.847.